The highest BCUT2D eigenvalue weighted by molar-refractivity contribution is 6.02. The van der Waals surface area contributed by atoms with Gasteiger partial charge in [0, 0.05) is 17.2 Å². The summed E-state index contributed by atoms with van der Waals surface area (Å²) < 4.78 is 5.23. The van der Waals surface area contributed by atoms with Crippen molar-refractivity contribution in [2.45, 2.75) is 19.8 Å². The molecule has 0 saturated carbocycles. The van der Waals surface area contributed by atoms with Crippen LogP contribution in [-0.2, 0) is 14.3 Å². The molecular formula is C15H16N2O5. The molecule has 0 spiro atoms. The molecule has 0 fully saturated rings. The second-order valence-corrected chi connectivity index (χ2v) is 4.95. The summed E-state index contributed by atoms with van der Waals surface area (Å²) in [4.78, 5) is 23.7. The Morgan fingerprint density at radius 3 is 2.36 bits per heavy atom. The van der Waals surface area contributed by atoms with Crippen LogP contribution in [0.3, 0.4) is 0 Å². The molecule has 7 nitrogen and oxygen atoms in total. The summed E-state index contributed by atoms with van der Waals surface area (Å²) in [5.74, 6) is -2.59. The lowest BCUT2D eigenvalue weighted by molar-refractivity contribution is -0.115. The van der Waals surface area contributed by atoms with Gasteiger partial charge in [0.1, 0.15) is 17.3 Å². The third-order valence-corrected chi connectivity index (χ3v) is 3.45. The highest BCUT2D eigenvalue weighted by atomic mass is 16.5. The number of hydrogen-bond donors (Lipinski definition) is 4. The van der Waals surface area contributed by atoms with Crippen LogP contribution in [0.15, 0.2) is 41.0 Å². The molecule has 0 saturated heterocycles. The minimum absolute atomic E-state index is 0.114. The van der Waals surface area contributed by atoms with Gasteiger partial charge in [-0.1, -0.05) is 6.07 Å². The van der Waals surface area contributed by atoms with Crippen LogP contribution in [0.2, 0.25) is 0 Å². The van der Waals surface area contributed by atoms with Crippen molar-refractivity contribution < 1.29 is 24.5 Å². The number of Topliss-reactive ketones (excluding diaryl/α,β-unsaturated/α-hetero) is 1. The fourth-order valence-corrected chi connectivity index (χ4v) is 2.57. The van der Waals surface area contributed by atoms with Crippen LogP contribution in [-0.4, -0.2) is 21.9 Å². The van der Waals surface area contributed by atoms with Crippen LogP contribution in [0.4, 0.5) is 0 Å². The Morgan fingerprint density at radius 2 is 1.86 bits per heavy atom. The Hall–Kier alpha value is -2.96. The zero-order valence-corrected chi connectivity index (χ0v) is 12.1. The first-order chi connectivity index (χ1) is 10.2. The van der Waals surface area contributed by atoms with E-state index in [9.17, 15) is 19.8 Å². The average Bonchev–Trinajstić information content (AvgIpc) is 2.36. The molecule has 1 aromatic carbocycles. The molecule has 1 aromatic rings. The summed E-state index contributed by atoms with van der Waals surface area (Å²) >= 11 is 0. The maximum Gasteiger partial charge on any atom is 0.250 e. The maximum absolute atomic E-state index is 12.0. The van der Waals surface area contributed by atoms with Gasteiger partial charge in [0.2, 0.25) is 0 Å². The Balaban J connectivity index is 2.75. The van der Waals surface area contributed by atoms with Crippen molar-refractivity contribution in [1.29, 1.82) is 0 Å². The minimum Gasteiger partial charge on any atom is -0.508 e. The van der Waals surface area contributed by atoms with Gasteiger partial charge in [-0.05, 0) is 19.9 Å². The summed E-state index contributed by atoms with van der Waals surface area (Å²) in [7, 11) is 0. The number of nitrogens with two attached hydrogens (primary N) is 2. The normalized spacial score (nSPS) is 18.2. The zero-order chi connectivity index (χ0) is 16.6. The van der Waals surface area contributed by atoms with Crippen molar-refractivity contribution in [3.8, 4) is 11.5 Å². The SMILES string of the molecule is CC(=O)C1=C(C)OC(N)=C(C(N)=O)C1c1ccc(O)cc1O. The van der Waals surface area contributed by atoms with Crippen molar-refractivity contribution in [2.24, 2.45) is 11.5 Å². The van der Waals surface area contributed by atoms with E-state index in [1.54, 1.807) is 0 Å². The zero-order valence-electron chi connectivity index (χ0n) is 12.1. The topological polar surface area (TPSA) is 136 Å². The molecule has 1 aliphatic rings. The first-order valence-electron chi connectivity index (χ1n) is 6.45. The standard InChI is InChI=1S/C15H16N2O5/c1-6(18)11-7(2)22-15(17)13(14(16)21)12(11)9-4-3-8(19)5-10(9)20/h3-5,12,19-20H,17H2,1-2H3,(H2,16,21). The van der Waals surface area contributed by atoms with Crippen LogP contribution in [0.25, 0.3) is 0 Å². The van der Waals surface area contributed by atoms with Crippen molar-refractivity contribution in [3.05, 3.63) is 46.6 Å². The van der Waals surface area contributed by atoms with E-state index in [0.717, 1.165) is 6.07 Å². The number of carbonyl (C=O) groups is 2. The van der Waals surface area contributed by atoms with E-state index >= 15 is 0 Å². The number of ketones is 1. The van der Waals surface area contributed by atoms with Gasteiger partial charge in [0.25, 0.3) is 5.91 Å². The number of primary amides is 1. The van der Waals surface area contributed by atoms with Crippen LogP contribution < -0.4 is 11.5 Å². The molecule has 0 aromatic heterocycles. The number of hydrogen-bond acceptors (Lipinski definition) is 6. The van der Waals surface area contributed by atoms with E-state index in [0.29, 0.717) is 0 Å². The van der Waals surface area contributed by atoms with E-state index in [2.05, 4.69) is 0 Å². The molecule has 0 bridgehead atoms. The summed E-state index contributed by atoms with van der Waals surface area (Å²) in [5.41, 5.74) is 11.4. The number of rotatable bonds is 3. The minimum atomic E-state index is -0.954. The molecule has 6 N–H and O–H groups in total. The van der Waals surface area contributed by atoms with Crippen molar-refractivity contribution >= 4 is 11.7 Å². The van der Waals surface area contributed by atoms with E-state index in [4.69, 9.17) is 16.2 Å². The molecule has 116 valence electrons. The summed E-state index contributed by atoms with van der Waals surface area (Å²) in [6, 6.07) is 3.83. The Morgan fingerprint density at radius 1 is 1.23 bits per heavy atom. The molecule has 1 unspecified atom stereocenters. The first-order valence-corrected chi connectivity index (χ1v) is 6.45. The van der Waals surface area contributed by atoms with Gasteiger partial charge in [-0.3, -0.25) is 9.59 Å². The van der Waals surface area contributed by atoms with Gasteiger partial charge in [0.15, 0.2) is 11.7 Å². The lowest BCUT2D eigenvalue weighted by Gasteiger charge is -2.28. The van der Waals surface area contributed by atoms with Gasteiger partial charge in [-0.15, -0.1) is 0 Å². The lowest BCUT2D eigenvalue weighted by atomic mass is 9.80. The van der Waals surface area contributed by atoms with Crippen LogP contribution in [0.1, 0.15) is 25.3 Å². The van der Waals surface area contributed by atoms with Crippen LogP contribution >= 0.6 is 0 Å². The third kappa shape index (κ3) is 2.48. The van der Waals surface area contributed by atoms with Gasteiger partial charge in [-0.2, -0.15) is 0 Å². The molecule has 0 aliphatic carbocycles. The first kappa shape index (κ1) is 15.4. The summed E-state index contributed by atoms with van der Waals surface area (Å²) in [6.07, 6.45) is 0. The highest BCUT2D eigenvalue weighted by Crippen LogP contribution is 2.43. The predicted octanol–water partition coefficient (Wildman–Crippen LogP) is 0.730. The molecule has 0 radical (unpaired) electrons. The number of ether oxygens (including phenoxy) is 1. The van der Waals surface area contributed by atoms with Crippen molar-refractivity contribution in [3.63, 3.8) is 0 Å². The van der Waals surface area contributed by atoms with Crippen LogP contribution in [0.5, 0.6) is 11.5 Å². The Bertz CT molecular complexity index is 697. The quantitative estimate of drug-likeness (QED) is 0.650. The molecule has 1 amide bonds. The number of phenolic OH excluding ortho intramolecular Hbond substituents is 2. The maximum atomic E-state index is 12.0. The number of allylic oxidation sites excluding steroid dienone is 2. The van der Waals surface area contributed by atoms with E-state index < -0.39 is 11.8 Å². The Labute approximate surface area is 126 Å². The van der Waals surface area contributed by atoms with E-state index in [1.807, 2.05) is 0 Å². The largest absolute Gasteiger partial charge is 0.508 e. The number of phenols is 2. The van der Waals surface area contributed by atoms with Gasteiger partial charge in [0.05, 0.1) is 11.5 Å². The fourth-order valence-electron chi connectivity index (χ4n) is 2.57. The molecule has 22 heavy (non-hydrogen) atoms. The number of amides is 1. The second kappa shape index (κ2) is 5.44. The fraction of sp³-hybridized carbons (Fsp3) is 0.200. The van der Waals surface area contributed by atoms with Crippen molar-refractivity contribution in [1.82, 2.24) is 0 Å². The van der Waals surface area contributed by atoms with E-state index in [-0.39, 0.29) is 45.6 Å². The predicted molar refractivity (Wildman–Crippen MR) is 77.4 cm³/mol. The number of benzene rings is 1. The van der Waals surface area contributed by atoms with Crippen LogP contribution in [0, 0.1) is 0 Å². The van der Waals surface area contributed by atoms with E-state index in [1.165, 1.54) is 26.0 Å². The Kier molecular flexibility index (Phi) is 3.81. The summed E-state index contributed by atoms with van der Waals surface area (Å²) in [6.45, 7) is 2.85. The molecular weight excluding hydrogens is 288 g/mol. The molecule has 2 rings (SSSR count). The van der Waals surface area contributed by atoms with Gasteiger partial charge in [-0.25, -0.2) is 0 Å². The molecule has 1 heterocycles. The molecule has 7 heteroatoms. The highest BCUT2D eigenvalue weighted by Gasteiger charge is 2.37. The smallest absolute Gasteiger partial charge is 0.250 e. The third-order valence-electron chi connectivity index (χ3n) is 3.45. The number of carbonyl (C=O) groups excluding carboxylic acids is 2. The van der Waals surface area contributed by atoms with Gasteiger partial charge < -0.3 is 26.4 Å². The molecule has 1 atom stereocenters. The summed E-state index contributed by atoms with van der Waals surface area (Å²) in [5, 5.41) is 19.5. The average molecular weight is 304 g/mol. The number of aromatic hydroxyl groups is 2. The lowest BCUT2D eigenvalue weighted by Crippen LogP contribution is -2.31. The monoisotopic (exact) mass is 304 g/mol. The second-order valence-electron chi connectivity index (χ2n) is 4.95. The molecule has 1 aliphatic heterocycles. The van der Waals surface area contributed by atoms with Gasteiger partial charge >= 0.3 is 0 Å². The van der Waals surface area contributed by atoms with Crippen molar-refractivity contribution in [2.75, 3.05) is 0 Å².